The van der Waals surface area contributed by atoms with Crippen LogP contribution in [-0.4, -0.2) is 31.7 Å². The Morgan fingerprint density at radius 1 is 1.58 bits per heavy atom. The zero-order chi connectivity index (χ0) is 14.0. The molecule has 0 saturated carbocycles. The third-order valence-electron chi connectivity index (χ3n) is 2.74. The van der Waals surface area contributed by atoms with E-state index in [1.165, 1.54) is 0 Å². The Labute approximate surface area is 117 Å². The van der Waals surface area contributed by atoms with Crippen molar-refractivity contribution in [3.8, 4) is 5.75 Å². The number of carbonyl (C=O) groups is 1. The van der Waals surface area contributed by atoms with Crippen molar-refractivity contribution >= 4 is 27.6 Å². The molecule has 0 aliphatic carbocycles. The van der Waals surface area contributed by atoms with Gasteiger partial charge in [-0.3, -0.25) is 0 Å². The van der Waals surface area contributed by atoms with E-state index >= 15 is 0 Å². The van der Waals surface area contributed by atoms with E-state index in [1.807, 2.05) is 0 Å². The third-order valence-corrected chi connectivity index (χ3v) is 3.36. The number of ether oxygens (including phenoxy) is 2. The molecule has 1 aliphatic rings. The monoisotopic (exact) mass is 335 g/mol. The first kappa shape index (κ1) is 14.0. The molecule has 1 unspecified atom stereocenters. The van der Waals surface area contributed by atoms with Crippen LogP contribution in [0.3, 0.4) is 0 Å². The highest BCUT2D eigenvalue weighted by atomic mass is 79.9. The second-order valence-electron chi connectivity index (χ2n) is 4.17. The summed E-state index contributed by atoms with van der Waals surface area (Å²) in [6.07, 6.45) is -1.40. The molecule has 1 heterocycles. The van der Waals surface area contributed by atoms with Crippen LogP contribution in [0, 0.1) is 0 Å². The number of rotatable bonds is 4. The molecular formula is C12H12BrF2NO3. The molecule has 2 rings (SSSR count). The van der Waals surface area contributed by atoms with Gasteiger partial charge in [0.1, 0.15) is 11.9 Å². The molecule has 0 bridgehead atoms. The lowest BCUT2D eigenvalue weighted by Crippen LogP contribution is -2.22. The van der Waals surface area contributed by atoms with E-state index in [4.69, 9.17) is 4.74 Å². The molecule has 0 amide bonds. The summed E-state index contributed by atoms with van der Waals surface area (Å²) in [4.78, 5) is 10.8. The summed E-state index contributed by atoms with van der Waals surface area (Å²) in [6.45, 7) is 0.139. The van der Waals surface area contributed by atoms with Crippen molar-refractivity contribution in [1.82, 2.24) is 0 Å². The molecule has 1 aromatic carbocycles. The molecule has 7 heteroatoms. The molecule has 0 radical (unpaired) electrons. The number of anilines is 1. The lowest BCUT2D eigenvalue weighted by Gasteiger charge is -2.12. The molecule has 0 aromatic heterocycles. The minimum absolute atomic E-state index is 0.139. The van der Waals surface area contributed by atoms with Crippen LogP contribution in [0.25, 0.3) is 0 Å². The van der Waals surface area contributed by atoms with Gasteiger partial charge in [-0.1, -0.05) is 0 Å². The van der Waals surface area contributed by atoms with Crippen molar-refractivity contribution in [2.24, 2.45) is 0 Å². The molecule has 1 N–H and O–H groups in total. The Morgan fingerprint density at radius 2 is 2.32 bits per heavy atom. The average molecular weight is 336 g/mol. The summed E-state index contributed by atoms with van der Waals surface area (Å²) in [5.74, 6) is -4.15. The highest BCUT2D eigenvalue weighted by Gasteiger charge is 2.50. The van der Waals surface area contributed by atoms with Crippen LogP contribution in [0.5, 0.6) is 5.75 Å². The molecule has 1 fully saturated rings. The first-order valence-corrected chi connectivity index (χ1v) is 6.38. The highest BCUT2D eigenvalue weighted by molar-refractivity contribution is 9.10. The molecule has 0 spiro atoms. The third kappa shape index (κ3) is 3.15. The van der Waals surface area contributed by atoms with Gasteiger partial charge in [0.05, 0.1) is 24.5 Å². The number of esters is 1. The Hall–Kier alpha value is -1.37. The number of alkyl halides is 2. The lowest BCUT2D eigenvalue weighted by atomic mass is 10.2. The maximum absolute atomic E-state index is 13.0. The maximum atomic E-state index is 13.0. The molecule has 104 valence electrons. The number of halogens is 3. The predicted molar refractivity (Wildman–Crippen MR) is 68.6 cm³/mol. The Morgan fingerprint density at radius 3 is 2.84 bits per heavy atom. The van der Waals surface area contributed by atoms with Crippen molar-refractivity contribution < 1.29 is 23.0 Å². The first-order chi connectivity index (χ1) is 8.92. The van der Waals surface area contributed by atoms with Gasteiger partial charge in [0.15, 0.2) is 0 Å². The minimum atomic E-state index is -3.37. The summed E-state index contributed by atoms with van der Waals surface area (Å²) < 4.78 is 36.3. The van der Waals surface area contributed by atoms with Crippen LogP contribution in [0.1, 0.15) is 6.42 Å². The van der Waals surface area contributed by atoms with Gasteiger partial charge in [-0.25, -0.2) is 4.79 Å². The number of cyclic esters (lactones) is 1. The topological polar surface area (TPSA) is 47.6 Å². The Bertz CT molecular complexity index is 496. The predicted octanol–water partition coefficient (Wildman–Crippen LogP) is 2.82. The van der Waals surface area contributed by atoms with E-state index in [0.717, 1.165) is 10.2 Å². The van der Waals surface area contributed by atoms with E-state index in [2.05, 4.69) is 26.0 Å². The largest absolute Gasteiger partial charge is 0.496 e. The Kier molecular flexibility index (Phi) is 3.93. The van der Waals surface area contributed by atoms with Crippen molar-refractivity contribution in [2.45, 2.75) is 18.4 Å². The number of carbonyl (C=O) groups excluding carboxylic acids is 1. The zero-order valence-electron chi connectivity index (χ0n) is 10.1. The van der Waals surface area contributed by atoms with Crippen LogP contribution in [0.15, 0.2) is 22.7 Å². The van der Waals surface area contributed by atoms with Crippen molar-refractivity contribution in [3.05, 3.63) is 22.7 Å². The Balaban J connectivity index is 1.93. The van der Waals surface area contributed by atoms with Gasteiger partial charge in [-0.2, -0.15) is 8.78 Å². The van der Waals surface area contributed by atoms with E-state index < -0.39 is 24.4 Å². The van der Waals surface area contributed by atoms with Gasteiger partial charge < -0.3 is 14.8 Å². The average Bonchev–Trinajstić information content (AvgIpc) is 2.61. The van der Waals surface area contributed by atoms with E-state index in [0.29, 0.717) is 5.75 Å². The summed E-state index contributed by atoms with van der Waals surface area (Å²) >= 11 is 3.32. The minimum Gasteiger partial charge on any atom is -0.496 e. The summed E-state index contributed by atoms with van der Waals surface area (Å²) in [6, 6.07) is 5.24. The quantitative estimate of drug-likeness (QED) is 0.859. The van der Waals surface area contributed by atoms with Crippen molar-refractivity contribution in [3.63, 3.8) is 0 Å². The van der Waals surface area contributed by atoms with Crippen LogP contribution in [0.2, 0.25) is 0 Å². The fraction of sp³-hybridized carbons (Fsp3) is 0.417. The standard InChI is InChI=1S/C12H12BrF2NO3/c1-18-10-3-2-7(4-9(10)13)16-6-8-5-12(14,15)11(17)19-8/h2-4,8,16H,5-6H2,1H3. The summed E-state index contributed by atoms with van der Waals surface area (Å²) in [7, 11) is 1.55. The summed E-state index contributed by atoms with van der Waals surface area (Å²) in [5, 5.41) is 2.94. The van der Waals surface area contributed by atoms with E-state index in [-0.39, 0.29) is 6.54 Å². The SMILES string of the molecule is COc1ccc(NCC2CC(F)(F)C(=O)O2)cc1Br. The van der Waals surface area contributed by atoms with Gasteiger partial charge in [0.2, 0.25) is 0 Å². The number of hydrogen-bond acceptors (Lipinski definition) is 4. The van der Waals surface area contributed by atoms with Gasteiger partial charge in [-0.05, 0) is 34.1 Å². The summed E-state index contributed by atoms with van der Waals surface area (Å²) in [5.41, 5.74) is 0.721. The van der Waals surface area contributed by atoms with Crippen LogP contribution in [-0.2, 0) is 9.53 Å². The second kappa shape index (κ2) is 5.32. The smallest absolute Gasteiger partial charge is 0.377 e. The number of nitrogens with one attached hydrogen (secondary N) is 1. The number of methoxy groups -OCH3 is 1. The van der Waals surface area contributed by atoms with Gasteiger partial charge in [-0.15, -0.1) is 0 Å². The molecule has 1 aliphatic heterocycles. The van der Waals surface area contributed by atoms with Crippen LogP contribution < -0.4 is 10.1 Å². The molecule has 19 heavy (non-hydrogen) atoms. The van der Waals surface area contributed by atoms with Gasteiger partial charge in [0, 0.05) is 5.69 Å². The molecule has 1 saturated heterocycles. The van der Waals surface area contributed by atoms with E-state index in [1.54, 1.807) is 25.3 Å². The molecule has 1 atom stereocenters. The van der Waals surface area contributed by atoms with Gasteiger partial charge >= 0.3 is 11.9 Å². The highest BCUT2D eigenvalue weighted by Crippen LogP contribution is 2.31. The fourth-order valence-corrected chi connectivity index (χ4v) is 2.31. The lowest BCUT2D eigenvalue weighted by molar-refractivity contribution is -0.158. The zero-order valence-corrected chi connectivity index (χ0v) is 11.7. The first-order valence-electron chi connectivity index (χ1n) is 5.58. The van der Waals surface area contributed by atoms with Crippen molar-refractivity contribution in [1.29, 1.82) is 0 Å². The number of benzene rings is 1. The second-order valence-corrected chi connectivity index (χ2v) is 5.02. The number of hydrogen-bond donors (Lipinski definition) is 1. The molecule has 4 nitrogen and oxygen atoms in total. The molecular weight excluding hydrogens is 324 g/mol. The fourth-order valence-electron chi connectivity index (χ4n) is 1.77. The van der Waals surface area contributed by atoms with Crippen LogP contribution in [0.4, 0.5) is 14.5 Å². The molecule has 1 aromatic rings. The van der Waals surface area contributed by atoms with Crippen molar-refractivity contribution in [2.75, 3.05) is 19.0 Å². The van der Waals surface area contributed by atoms with Gasteiger partial charge in [0.25, 0.3) is 0 Å². The van der Waals surface area contributed by atoms with Crippen LogP contribution >= 0.6 is 15.9 Å². The maximum Gasteiger partial charge on any atom is 0.377 e. The normalized spacial score (nSPS) is 21.1. The van der Waals surface area contributed by atoms with E-state index in [9.17, 15) is 13.6 Å².